The number of benzene rings is 3. The first-order chi connectivity index (χ1) is 15.1. The molecule has 1 aliphatic rings. The van der Waals surface area contributed by atoms with Crippen molar-refractivity contribution in [1.82, 2.24) is 4.98 Å². The summed E-state index contributed by atoms with van der Waals surface area (Å²) >= 11 is 0. The largest absolute Gasteiger partial charge is 0.454 e. The van der Waals surface area contributed by atoms with Crippen molar-refractivity contribution in [2.24, 2.45) is 0 Å². The van der Waals surface area contributed by atoms with E-state index in [2.05, 4.69) is 5.32 Å². The second kappa shape index (κ2) is 7.42. The Morgan fingerprint density at radius 2 is 1.81 bits per heavy atom. The topological polar surface area (TPSA) is 104 Å². The molecule has 1 N–H and O–H groups in total. The van der Waals surface area contributed by atoms with E-state index in [1.807, 2.05) is 36.4 Å². The standard InChI is InChI=1S/C23H15N3O5/c27-23(24-15-4-3-5-16(11-15)26(28)29)18-12-20(25-19-7-2-1-6-17(18)19)14-8-9-21-22(10-14)31-13-30-21/h1-12H,13H2,(H,24,27). The molecule has 0 aliphatic carbocycles. The number of non-ortho nitro benzene ring substituents is 1. The number of amides is 1. The van der Waals surface area contributed by atoms with Gasteiger partial charge >= 0.3 is 0 Å². The van der Waals surface area contributed by atoms with Gasteiger partial charge in [-0.2, -0.15) is 0 Å². The van der Waals surface area contributed by atoms with Crippen LogP contribution in [0.3, 0.4) is 0 Å². The molecule has 5 rings (SSSR count). The minimum atomic E-state index is -0.505. The zero-order valence-corrected chi connectivity index (χ0v) is 16.1. The van der Waals surface area contributed by atoms with Crippen LogP contribution in [0.25, 0.3) is 22.2 Å². The summed E-state index contributed by atoms with van der Waals surface area (Å²) in [5.41, 5.74) is 2.68. The zero-order valence-electron chi connectivity index (χ0n) is 16.1. The Labute approximate surface area is 176 Å². The lowest BCUT2D eigenvalue weighted by molar-refractivity contribution is -0.384. The van der Waals surface area contributed by atoms with Gasteiger partial charge in [-0.05, 0) is 36.4 Å². The number of nitrogens with one attached hydrogen (secondary N) is 1. The van der Waals surface area contributed by atoms with Gasteiger partial charge in [0.1, 0.15) is 0 Å². The number of para-hydroxylation sites is 1. The lowest BCUT2D eigenvalue weighted by atomic mass is 10.0. The molecule has 0 bridgehead atoms. The maximum absolute atomic E-state index is 13.1. The van der Waals surface area contributed by atoms with Crippen LogP contribution < -0.4 is 14.8 Å². The van der Waals surface area contributed by atoms with Crippen LogP contribution in [0.1, 0.15) is 10.4 Å². The predicted molar refractivity (Wildman–Crippen MR) is 114 cm³/mol. The van der Waals surface area contributed by atoms with Gasteiger partial charge in [0.2, 0.25) is 6.79 Å². The lowest BCUT2D eigenvalue weighted by Gasteiger charge is -2.11. The SMILES string of the molecule is O=C(Nc1cccc([N+](=O)[O-])c1)c1cc(-c2ccc3c(c2)OCO3)nc2ccccc12. The van der Waals surface area contributed by atoms with E-state index in [1.54, 1.807) is 18.2 Å². The van der Waals surface area contributed by atoms with Gasteiger partial charge in [-0.1, -0.05) is 24.3 Å². The summed E-state index contributed by atoms with van der Waals surface area (Å²) in [5.74, 6) is 0.893. The van der Waals surface area contributed by atoms with Crippen LogP contribution in [-0.4, -0.2) is 22.6 Å². The van der Waals surface area contributed by atoms with Gasteiger partial charge in [0.25, 0.3) is 11.6 Å². The fourth-order valence-electron chi connectivity index (χ4n) is 3.46. The number of nitro groups is 1. The number of pyridine rings is 1. The van der Waals surface area contributed by atoms with Gasteiger partial charge in [-0.3, -0.25) is 14.9 Å². The summed E-state index contributed by atoms with van der Waals surface area (Å²) in [6, 6.07) is 20.3. The van der Waals surface area contributed by atoms with E-state index in [0.717, 1.165) is 5.56 Å². The van der Waals surface area contributed by atoms with Crippen LogP contribution >= 0.6 is 0 Å². The van der Waals surface area contributed by atoms with Gasteiger partial charge in [0.05, 0.1) is 21.7 Å². The third kappa shape index (κ3) is 3.51. The summed E-state index contributed by atoms with van der Waals surface area (Å²) in [7, 11) is 0. The Morgan fingerprint density at radius 1 is 0.968 bits per heavy atom. The highest BCUT2D eigenvalue weighted by Crippen LogP contribution is 2.36. The Hall–Kier alpha value is -4.46. The molecule has 2 heterocycles. The quantitative estimate of drug-likeness (QED) is 0.381. The summed E-state index contributed by atoms with van der Waals surface area (Å²) in [6.07, 6.45) is 0. The average Bonchev–Trinajstić information content (AvgIpc) is 3.26. The minimum absolute atomic E-state index is 0.0987. The van der Waals surface area contributed by atoms with E-state index >= 15 is 0 Å². The van der Waals surface area contributed by atoms with Crippen LogP contribution in [0.4, 0.5) is 11.4 Å². The van der Waals surface area contributed by atoms with E-state index in [4.69, 9.17) is 14.5 Å². The first-order valence-corrected chi connectivity index (χ1v) is 9.44. The van der Waals surface area contributed by atoms with Gasteiger partial charge in [0, 0.05) is 28.8 Å². The van der Waals surface area contributed by atoms with Crippen molar-refractivity contribution < 1.29 is 19.2 Å². The normalized spacial score (nSPS) is 12.0. The highest BCUT2D eigenvalue weighted by Gasteiger charge is 2.18. The van der Waals surface area contributed by atoms with Crippen molar-refractivity contribution in [3.8, 4) is 22.8 Å². The number of rotatable bonds is 4. The maximum atomic E-state index is 13.1. The number of aromatic nitrogens is 1. The van der Waals surface area contributed by atoms with E-state index in [1.165, 1.54) is 18.2 Å². The Balaban J connectivity index is 1.57. The molecule has 152 valence electrons. The smallest absolute Gasteiger partial charge is 0.271 e. The molecule has 3 aromatic carbocycles. The molecule has 0 fully saturated rings. The molecule has 8 heteroatoms. The van der Waals surface area contributed by atoms with Crippen molar-refractivity contribution in [2.75, 3.05) is 12.1 Å². The molecule has 1 amide bonds. The molecule has 1 aromatic heterocycles. The van der Waals surface area contributed by atoms with Crippen molar-refractivity contribution in [3.63, 3.8) is 0 Å². The van der Waals surface area contributed by atoms with Crippen LogP contribution in [0.2, 0.25) is 0 Å². The molecule has 31 heavy (non-hydrogen) atoms. The Bertz CT molecular complexity index is 1350. The van der Waals surface area contributed by atoms with Crippen molar-refractivity contribution in [1.29, 1.82) is 0 Å². The summed E-state index contributed by atoms with van der Waals surface area (Å²) in [5, 5.41) is 14.5. The first-order valence-electron chi connectivity index (χ1n) is 9.44. The number of nitro benzene ring substituents is 1. The van der Waals surface area contributed by atoms with Gasteiger partial charge in [-0.15, -0.1) is 0 Å². The van der Waals surface area contributed by atoms with Crippen molar-refractivity contribution in [3.05, 3.63) is 88.5 Å². The molecule has 8 nitrogen and oxygen atoms in total. The van der Waals surface area contributed by atoms with Gasteiger partial charge in [-0.25, -0.2) is 4.98 Å². The predicted octanol–water partition coefficient (Wildman–Crippen LogP) is 4.79. The molecule has 0 radical (unpaired) electrons. The molecule has 4 aromatic rings. The summed E-state index contributed by atoms with van der Waals surface area (Å²) in [6.45, 7) is 0.167. The molecule has 0 unspecified atom stereocenters. The molecule has 0 atom stereocenters. The number of anilines is 1. The van der Waals surface area contributed by atoms with Gasteiger partial charge < -0.3 is 14.8 Å². The molecular formula is C23H15N3O5. The Morgan fingerprint density at radius 3 is 2.68 bits per heavy atom. The van der Waals surface area contributed by atoms with E-state index in [9.17, 15) is 14.9 Å². The number of hydrogen-bond donors (Lipinski definition) is 1. The van der Waals surface area contributed by atoms with Crippen LogP contribution in [0.15, 0.2) is 72.8 Å². The van der Waals surface area contributed by atoms with Crippen LogP contribution in [0.5, 0.6) is 11.5 Å². The Kier molecular flexibility index (Phi) is 4.44. The van der Waals surface area contributed by atoms with Crippen molar-refractivity contribution >= 4 is 28.2 Å². The summed E-state index contributed by atoms with van der Waals surface area (Å²) in [4.78, 5) is 28.3. The van der Waals surface area contributed by atoms with E-state index < -0.39 is 4.92 Å². The van der Waals surface area contributed by atoms with Crippen molar-refractivity contribution in [2.45, 2.75) is 0 Å². The fraction of sp³-hybridized carbons (Fsp3) is 0.0435. The third-order valence-electron chi connectivity index (χ3n) is 4.94. The van der Waals surface area contributed by atoms with Crippen LogP contribution in [-0.2, 0) is 0 Å². The zero-order chi connectivity index (χ0) is 21.4. The maximum Gasteiger partial charge on any atom is 0.271 e. The third-order valence-corrected chi connectivity index (χ3v) is 4.94. The number of carbonyl (C=O) groups excluding carboxylic acids is 1. The number of fused-ring (bicyclic) bond motifs is 2. The number of nitrogens with zero attached hydrogens (tertiary/aromatic N) is 2. The fourth-order valence-corrected chi connectivity index (χ4v) is 3.46. The molecule has 0 saturated heterocycles. The number of ether oxygens (including phenoxy) is 2. The van der Waals surface area contributed by atoms with E-state index in [-0.39, 0.29) is 18.4 Å². The molecule has 1 aliphatic heterocycles. The van der Waals surface area contributed by atoms with Gasteiger partial charge in [0.15, 0.2) is 11.5 Å². The second-order valence-electron chi connectivity index (χ2n) is 6.90. The first kappa shape index (κ1) is 18.6. The molecule has 0 saturated carbocycles. The van der Waals surface area contributed by atoms with E-state index in [0.29, 0.717) is 39.3 Å². The number of hydrogen-bond acceptors (Lipinski definition) is 6. The summed E-state index contributed by atoms with van der Waals surface area (Å²) < 4.78 is 10.8. The minimum Gasteiger partial charge on any atom is -0.454 e. The molecular weight excluding hydrogens is 398 g/mol. The monoisotopic (exact) mass is 413 g/mol. The molecule has 0 spiro atoms. The van der Waals surface area contributed by atoms with Crippen LogP contribution in [0, 0.1) is 10.1 Å². The number of carbonyl (C=O) groups is 1. The highest BCUT2D eigenvalue weighted by atomic mass is 16.7. The average molecular weight is 413 g/mol. The highest BCUT2D eigenvalue weighted by molar-refractivity contribution is 6.13. The lowest BCUT2D eigenvalue weighted by Crippen LogP contribution is -2.13. The second-order valence-corrected chi connectivity index (χ2v) is 6.90.